The SMILES string of the molecule is Cc1cc(NC(=O)c2cc(S(=O)(=O)N[C@H]3CCOC3)ccc2C(F)(F)F)ccc1F.S. The van der Waals surface area contributed by atoms with E-state index in [9.17, 15) is 30.8 Å². The number of hydrogen-bond donors (Lipinski definition) is 2. The summed E-state index contributed by atoms with van der Waals surface area (Å²) in [6, 6.07) is 5.01. The molecule has 170 valence electrons. The van der Waals surface area contributed by atoms with Crippen LogP contribution in [0.5, 0.6) is 0 Å². The van der Waals surface area contributed by atoms with Crippen LogP contribution in [0.4, 0.5) is 23.2 Å². The molecule has 1 aliphatic heterocycles. The highest BCUT2D eigenvalue weighted by Gasteiger charge is 2.36. The van der Waals surface area contributed by atoms with Crippen LogP contribution in [0.2, 0.25) is 0 Å². The minimum Gasteiger partial charge on any atom is -0.380 e. The molecule has 0 aromatic heterocycles. The lowest BCUT2D eigenvalue weighted by Crippen LogP contribution is -2.35. The Morgan fingerprint density at radius 3 is 2.45 bits per heavy atom. The van der Waals surface area contributed by atoms with Crippen LogP contribution in [-0.2, 0) is 20.9 Å². The maximum absolute atomic E-state index is 13.4. The topological polar surface area (TPSA) is 84.5 Å². The Kier molecular flexibility index (Phi) is 7.74. The first kappa shape index (κ1) is 25.1. The largest absolute Gasteiger partial charge is 0.417 e. The van der Waals surface area contributed by atoms with Crippen molar-refractivity contribution in [1.29, 1.82) is 0 Å². The van der Waals surface area contributed by atoms with Crippen molar-refractivity contribution in [3.63, 3.8) is 0 Å². The number of hydrogen-bond acceptors (Lipinski definition) is 4. The summed E-state index contributed by atoms with van der Waals surface area (Å²) in [6.07, 6.45) is -4.46. The Morgan fingerprint density at radius 1 is 1.16 bits per heavy atom. The van der Waals surface area contributed by atoms with Gasteiger partial charge in [0.25, 0.3) is 5.91 Å². The number of rotatable bonds is 5. The molecule has 0 spiro atoms. The summed E-state index contributed by atoms with van der Waals surface area (Å²) in [5.41, 5.74) is -1.90. The third-order valence-corrected chi connectivity index (χ3v) is 6.04. The summed E-state index contributed by atoms with van der Waals surface area (Å²) < 4.78 is 86.1. The fourth-order valence-electron chi connectivity index (χ4n) is 2.96. The fraction of sp³-hybridized carbons (Fsp3) is 0.316. The molecule has 1 amide bonds. The van der Waals surface area contributed by atoms with Crippen molar-refractivity contribution in [3.05, 3.63) is 58.9 Å². The van der Waals surface area contributed by atoms with E-state index in [4.69, 9.17) is 4.74 Å². The second-order valence-electron chi connectivity index (χ2n) is 6.81. The Hall–Kier alpha value is -2.15. The Morgan fingerprint density at radius 2 is 1.87 bits per heavy atom. The van der Waals surface area contributed by atoms with E-state index < -0.39 is 50.0 Å². The predicted octanol–water partition coefficient (Wildman–Crippen LogP) is 3.59. The molecule has 0 radical (unpaired) electrons. The van der Waals surface area contributed by atoms with E-state index in [2.05, 4.69) is 10.0 Å². The number of nitrogens with one attached hydrogen (secondary N) is 2. The van der Waals surface area contributed by atoms with E-state index in [0.29, 0.717) is 25.2 Å². The first-order valence-corrected chi connectivity index (χ1v) is 10.3. The molecule has 1 atom stereocenters. The van der Waals surface area contributed by atoms with Gasteiger partial charge in [0.05, 0.1) is 22.6 Å². The number of halogens is 4. The second kappa shape index (κ2) is 9.55. The number of amides is 1. The summed E-state index contributed by atoms with van der Waals surface area (Å²) in [6.45, 7) is 1.94. The van der Waals surface area contributed by atoms with Crippen LogP contribution < -0.4 is 10.0 Å². The number of carbonyl (C=O) groups is 1. The van der Waals surface area contributed by atoms with Crippen molar-refractivity contribution in [2.45, 2.75) is 30.5 Å². The highest BCUT2D eigenvalue weighted by molar-refractivity contribution is 7.89. The molecule has 2 N–H and O–H groups in total. The van der Waals surface area contributed by atoms with Crippen LogP contribution in [0.3, 0.4) is 0 Å². The standard InChI is InChI=1S/C19H18F4N2O4S.H2S/c1-11-8-12(2-5-17(11)20)24-18(26)15-9-14(3-4-16(15)19(21,22)23)30(27,28)25-13-6-7-29-10-13;/h2-5,8-9,13,25H,6-7,10H2,1H3,(H,24,26);1H2/t13-;/m0./s1. The first-order chi connectivity index (χ1) is 14.0. The third kappa shape index (κ3) is 5.97. The maximum Gasteiger partial charge on any atom is 0.417 e. The van der Waals surface area contributed by atoms with E-state index in [1.54, 1.807) is 0 Å². The van der Waals surface area contributed by atoms with Gasteiger partial charge in [0, 0.05) is 18.3 Å². The van der Waals surface area contributed by atoms with Crippen molar-refractivity contribution in [1.82, 2.24) is 4.72 Å². The molecule has 1 saturated heterocycles. The summed E-state index contributed by atoms with van der Waals surface area (Å²) in [7, 11) is -4.17. The van der Waals surface area contributed by atoms with Crippen molar-refractivity contribution in [2.75, 3.05) is 18.5 Å². The highest BCUT2D eigenvalue weighted by atomic mass is 32.2. The summed E-state index contributed by atoms with van der Waals surface area (Å²) in [5.74, 6) is -1.71. The molecule has 2 aromatic rings. The lowest BCUT2D eigenvalue weighted by molar-refractivity contribution is -0.137. The summed E-state index contributed by atoms with van der Waals surface area (Å²) >= 11 is 0. The zero-order valence-corrected chi connectivity index (χ0v) is 18.0. The lowest BCUT2D eigenvalue weighted by Gasteiger charge is -2.16. The number of carbonyl (C=O) groups excluding carboxylic acids is 1. The van der Waals surface area contributed by atoms with Crippen LogP contribution >= 0.6 is 13.5 Å². The molecule has 0 aliphatic carbocycles. The second-order valence-corrected chi connectivity index (χ2v) is 8.52. The zero-order valence-electron chi connectivity index (χ0n) is 16.2. The molecular formula is C19H20F4N2O4S2. The van der Waals surface area contributed by atoms with Gasteiger partial charge in [-0.1, -0.05) is 0 Å². The smallest absolute Gasteiger partial charge is 0.380 e. The van der Waals surface area contributed by atoms with E-state index in [1.807, 2.05) is 0 Å². The van der Waals surface area contributed by atoms with Crippen LogP contribution in [-0.4, -0.2) is 33.6 Å². The van der Waals surface area contributed by atoms with Crippen LogP contribution in [0.15, 0.2) is 41.3 Å². The average Bonchev–Trinajstić information content (AvgIpc) is 3.15. The third-order valence-electron chi connectivity index (χ3n) is 4.52. The molecule has 6 nitrogen and oxygen atoms in total. The molecule has 31 heavy (non-hydrogen) atoms. The molecule has 1 aliphatic rings. The number of alkyl halides is 3. The van der Waals surface area contributed by atoms with Gasteiger partial charge in [-0.2, -0.15) is 26.7 Å². The summed E-state index contributed by atoms with van der Waals surface area (Å²) in [4.78, 5) is 12.1. The molecule has 0 saturated carbocycles. The van der Waals surface area contributed by atoms with Gasteiger partial charge in [0.15, 0.2) is 0 Å². The molecule has 0 bridgehead atoms. The van der Waals surface area contributed by atoms with Crippen molar-refractivity contribution in [2.24, 2.45) is 0 Å². The molecule has 1 fully saturated rings. The monoisotopic (exact) mass is 480 g/mol. The Labute approximate surface area is 183 Å². The van der Waals surface area contributed by atoms with E-state index in [-0.39, 0.29) is 31.4 Å². The van der Waals surface area contributed by atoms with Gasteiger partial charge >= 0.3 is 6.18 Å². The van der Waals surface area contributed by atoms with Gasteiger partial charge in [-0.25, -0.2) is 17.5 Å². The molecule has 0 unspecified atom stereocenters. The Bertz CT molecular complexity index is 1070. The van der Waals surface area contributed by atoms with Gasteiger partial charge in [-0.15, -0.1) is 0 Å². The molecule has 12 heteroatoms. The number of ether oxygens (including phenoxy) is 1. The normalized spacial score (nSPS) is 16.6. The van der Waals surface area contributed by atoms with Crippen molar-refractivity contribution in [3.8, 4) is 0 Å². The predicted molar refractivity (Wildman–Crippen MR) is 110 cm³/mol. The summed E-state index contributed by atoms with van der Waals surface area (Å²) in [5, 5.41) is 2.25. The number of aryl methyl sites for hydroxylation is 1. The molecule has 2 aromatic carbocycles. The van der Waals surface area contributed by atoms with E-state index >= 15 is 0 Å². The van der Waals surface area contributed by atoms with E-state index in [0.717, 1.165) is 12.1 Å². The average molecular weight is 481 g/mol. The minimum atomic E-state index is -4.89. The quantitative estimate of drug-likeness (QED) is 0.641. The van der Waals surface area contributed by atoms with Crippen LogP contribution in [0.25, 0.3) is 0 Å². The highest BCUT2D eigenvalue weighted by Crippen LogP contribution is 2.34. The molecule has 3 rings (SSSR count). The maximum atomic E-state index is 13.4. The van der Waals surface area contributed by atoms with Crippen LogP contribution in [0, 0.1) is 12.7 Å². The number of anilines is 1. The number of sulfonamides is 1. The van der Waals surface area contributed by atoms with Gasteiger partial charge in [-0.05, 0) is 55.3 Å². The van der Waals surface area contributed by atoms with Gasteiger partial charge < -0.3 is 10.1 Å². The van der Waals surface area contributed by atoms with Crippen molar-refractivity contribution >= 4 is 35.1 Å². The fourth-order valence-corrected chi connectivity index (χ4v) is 4.24. The zero-order chi connectivity index (χ0) is 22.1. The molecule has 1 heterocycles. The first-order valence-electron chi connectivity index (χ1n) is 8.86. The van der Waals surface area contributed by atoms with Crippen molar-refractivity contribution < 1.29 is 35.5 Å². The van der Waals surface area contributed by atoms with Gasteiger partial charge in [0.2, 0.25) is 10.0 Å². The minimum absolute atomic E-state index is 0. The van der Waals surface area contributed by atoms with Crippen LogP contribution in [0.1, 0.15) is 27.9 Å². The van der Waals surface area contributed by atoms with Gasteiger partial charge in [0.1, 0.15) is 5.82 Å². The van der Waals surface area contributed by atoms with E-state index in [1.165, 1.54) is 19.1 Å². The Balaban J connectivity index is 0.00000341. The van der Waals surface area contributed by atoms with Gasteiger partial charge in [-0.3, -0.25) is 4.79 Å². The molecular weight excluding hydrogens is 460 g/mol. The lowest BCUT2D eigenvalue weighted by atomic mass is 10.1. The number of benzene rings is 2.